The Labute approximate surface area is 206 Å². The minimum absolute atomic E-state index is 0.104. The highest BCUT2D eigenvalue weighted by Gasteiger charge is 2.34. The van der Waals surface area contributed by atoms with Gasteiger partial charge in [-0.1, -0.05) is 13.8 Å². The molecule has 12 heteroatoms. The molecule has 5 rings (SSSR count). The molecule has 0 saturated carbocycles. The normalized spacial score (nSPS) is 15.2. The number of nitrogens with zero attached hydrogens (tertiary/aromatic N) is 7. The van der Waals surface area contributed by atoms with Crippen LogP contribution in [0, 0.1) is 19.3 Å². The molecular weight excluding hydrogens is 466 g/mol. The van der Waals surface area contributed by atoms with E-state index in [2.05, 4.69) is 49.7 Å². The quantitative estimate of drug-likeness (QED) is 0.423. The van der Waals surface area contributed by atoms with E-state index < -0.39 is 0 Å². The molecule has 0 atom stereocenters. The van der Waals surface area contributed by atoms with Crippen molar-refractivity contribution in [1.29, 1.82) is 0 Å². The summed E-state index contributed by atoms with van der Waals surface area (Å²) in [7, 11) is 1.77. The molecule has 0 radical (unpaired) electrons. The largest absolute Gasteiger partial charge is 0.324 e. The van der Waals surface area contributed by atoms with Crippen LogP contribution < -0.4 is 10.6 Å². The van der Waals surface area contributed by atoms with Gasteiger partial charge in [-0.25, -0.2) is 4.52 Å². The second-order valence-corrected chi connectivity index (χ2v) is 10.7. The Hall–Kier alpha value is -3.64. The van der Waals surface area contributed by atoms with E-state index in [4.69, 9.17) is 0 Å². The van der Waals surface area contributed by atoms with E-state index in [0.717, 1.165) is 29.4 Å². The number of anilines is 2. The summed E-state index contributed by atoms with van der Waals surface area (Å²) >= 11 is 1.43. The molecule has 4 aromatic heterocycles. The van der Waals surface area contributed by atoms with Gasteiger partial charge in [-0.3, -0.25) is 19.5 Å². The Balaban J connectivity index is 1.30. The van der Waals surface area contributed by atoms with Crippen molar-refractivity contribution in [3.63, 3.8) is 0 Å². The molecular formula is C23H27N9O2S. The van der Waals surface area contributed by atoms with Crippen molar-refractivity contribution in [1.82, 2.24) is 34.5 Å². The van der Waals surface area contributed by atoms with Gasteiger partial charge in [0, 0.05) is 26.3 Å². The van der Waals surface area contributed by atoms with E-state index in [0.29, 0.717) is 34.0 Å². The molecule has 0 spiro atoms. The van der Waals surface area contributed by atoms with Crippen LogP contribution in [-0.4, -0.2) is 65.9 Å². The molecule has 0 bridgehead atoms. The summed E-state index contributed by atoms with van der Waals surface area (Å²) in [5.74, 6) is -0.410. The summed E-state index contributed by atoms with van der Waals surface area (Å²) < 4.78 is 1.67. The summed E-state index contributed by atoms with van der Waals surface area (Å²) in [5, 5.41) is 18.8. The number of amides is 2. The second-order valence-electron chi connectivity index (χ2n) is 9.70. The van der Waals surface area contributed by atoms with Gasteiger partial charge in [-0.2, -0.15) is 20.1 Å². The van der Waals surface area contributed by atoms with Crippen molar-refractivity contribution >= 4 is 39.4 Å². The van der Waals surface area contributed by atoms with Crippen molar-refractivity contribution in [2.75, 3.05) is 30.3 Å². The van der Waals surface area contributed by atoms with Gasteiger partial charge in [0.05, 0.1) is 52.1 Å². The fourth-order valence-electron chi connectivity index (χ4n) is 4.38. The highest BCUT2D eigenvalue weighted by atomic mass is 32.1. The zero-order valence-corrected chi connectivity index (χ0v) is 21.1. The molecule has 11 nitrogen and oxygen atoms in total. The number of hydrogen-bond donors (Lipinski definition) is 2. The van der Waals surface area contributed by atoms with Crippen molar-refractivity contribution in [2.45, 2.75) is 27.7 Å². The lowest BCUT2D eigenvalue weighted by molar-refractivity contribution is -0.120. The van der Waals surface area contributed by atoms with Crippen LogP contribution >= 0.6 is 11.3 Å². The van der Waals surface area contributed by atoms with E-state index in [-0.39, 0.29) is 17.2 Å². The lowest BCUT2D eigenvalue weighted by Gasteiger charge is -2.45. The molecule has 1 fully saturated rings. The van der Waals surface area contributed by atoms with Gasteiger partial charge in [0.25, 0.3) is 5.91 Å². The zero-order valence-electron chi connectivity index (χ0n) is 20.3. The van der Waals surface area contributed by atoms with E-state index >= 15 is 0 Å². The lowest BCUT2D eigenvalue weighted by Crippen LogP contribution is -2.54. The van der Waals surface area contributed by atoms with Crippen LogP contribution in [0.25, 0.3) is 15.4 Å². The van der Waals surface area contributed by atoms with Gasteiger partial charge in [0.1, 0.15) is 10.5 Å². The first-order valence-electron chi connectivity index (χ1n) is 11.2. The maximum atomic E-state index is 13.1. The van der Waals surface area contributed by atoms with Crippen LogP contribution in [0.15, 0.2) is 24.7 Å². The number of hydrogen-bond acceptors (Lipinski definition) is 8. The number of carbonyl (C=O) groups excluding carboxylic acids is 2. The summed E-state index contributed by atoms with van der Waals surface area (Å²) in [5.41, 5.74) is 3.98. The molecule has 35 heavy (non-hydrogen) atoms. The minimum Gasteiger partial charge on any atom is -0.324 e. The average molecular weight is 494 g/mol. The monoisotopic (exact) mass is 493 g/mol. The first kappa shape index (κ1) is 23.1. The maximum absolute atomic E-state index is 13.1. The molecule has 0 aliphatic carbocycles. The molecule has 182 valence electrons. The fourth-order valence-corrected chi connectivity index (χ4v) is 5.48. The standard InChI is InChI=1S/C23H27N9O2S/c1-13-17(6-15(7-24-13)26-19(33)10-31-11-23(3,4)12-31)27-21(34)16-8-25-32-9-18(35-22(16)32)20-14(2)28-30(5)29-20/h6-9H,10-12H2,1-5H3,(H,26,33)(H,27,34). The van der Waals surface area contributed by atoms with Crippen molar-refractivity contribution in [2.24, 2.45) is 12.5 Å². The van der Waals surface area contributed by atoms with Crippen molar-refractivity contribution in [3.8, 4) is 10.6 Å². The topological polar surface area (TPSA) is 122 Å². The Morgan fingerprint density at radius 3 is 2.57 bits per heavy atom. The molecule has 1 aliphatic rings. The smallest absolute Gasteiger partial charge is 0.260 e. The third-order valence-electron chi connectivity index (χ3n) is 5.85. The first-order chi connectivity index (χ1) is 16.6. The van der Waals surface area contributed by atoms with E-state index in [1.165, 1.54) is 22.3 Å². The van der Waals surface area contributed by atoms with Gasteiger partial charge in [-0.15, -0.1) is 11.3 Å². The summed E-state index contributed by atoms with van der Waals surface area (Å²) in [4.78, 5) is 35.1. The van der Waals surface area contributed by atoms with Crippen molar-refractivity contribution in [3.05, 3.63) is 41.6 Å². The third kappa shape index (κ3) is 4.66. The molecule has 0 unspecified atom stereocenters. The van der Waals surface area contributed by atoms with Gasteiger partial charge in [-0.05, 0) is 25.3 Å². The van der Waals surface area contributed by atoms with Crippen molar-refractivity contribution < 1.29 is 9.59 Å². The molecule has 2 N–H and O–H groups in total. The SMILES string of the molecule is Cc1ncc(NC(=O)CN2CC(C)(C)C2)cc1NC(=O)c1cnn2cc(-c3nn(C)nc3C)sc12. The van der Waals surface area contributed by atoms with Crippen LogP contribution in [0.2, 0.25) is 0 Å². The fraction of sp³-hybridized carbons (Fsp3) is 0.391. The van der Waals surface area contributed by atoms with Crippen LogP contribution in [0.3, 0.4) is 0 Å². The predicted molar refractivity (Wildman–Crippen MR) is 134 cm³/mol. The van der Waals surface area contributed by atoms with E-state index in [1.54, 1.807) is 30.8 Å². The predicted octanol–water partition coefficient (Wildman–Crippen LogP) is 2.74. The summed E-state index contributed by atoms with van der Waals surface area (Å²) in [6, 6.07) is 1.72. The van der Waals surface area contributed by atoms with E-state index in [9.17, 15) is 9.59 Å². The molecule has 4 aromatic rings. The number of fused-ring (bicyclic) bond motifs is 1. The molecule has 2 amide bonds. The van der Waals surface area contributed by atoms with Crippen LogP contribution in [0.5, 0.6) is 0 Å². The maximum Gasteiger partial charge on any atom is 0.260 e. The molecule has 0 aromatic carbocycles. The number of aromatic nitrogens is 6. The number of likely N-dealkylation sites (tertiary alicyclic amines) is 1. The van der Waals surface area contributed by atoms with Crippen LogP contribution in [-0.2, 0) is 11.8 Å². The summed E-state index contributed by atoms with van der Waals surface area (Å²) in [6.45, 7) is 10.2. The molecule has 1 aliphatic heterocycles. The Morgan fingerprint density at radius 1 is 1.11 bits per heavy atom. The average Bonchev–Trinajstić information content (AvgIpc) is 3.42. The highest BCUT2D eigenvalue weighted by molar-refractivity contribution is 7.21. The highest BCUT2D eigenvalue weighted by Crippen LogP contribution is 2.31. The Morgan fingerprint density at radius 2 is 1.89 bits per heavy atom. The number of nitrogens with one attached hydrogen (secondary N) is 2. The lowest BCUT2D eigenvalue weighted by atomic mass is 9.84. The Bertz CT molecular complexity index is 1440. The molecule has 1 saturated heterocycles. The second kappa shape index (κ2) is 8.54. The van der Waals surface area contributed by atoms with Gasteiger partial charge < -0.3 is 10.6 Å². The van der Waals surface area contributed by atoms with Gasteiger partial charge >= 0.3 is 0 Å². The minimum atomic E-state index is -0.305. The van der Waals surface area contributed by atoms with Crippen LogP contribution in [0.1, 0.15) is 35.6 Å². The number of carbonyl (C=O) groups is 2. The number of rotatable bonds is 6. The number of pyridine rings is 1. The van der Waals surface area contributed by atoms with Gasteiger partial charge in [0.15, 0.2) is 0 Å². The number of aryl methyl sites for hydroxylation is 3. The first-order valence-corrected chi connectivity index (χ1v) is 12.1. The summed E-state index contributed by atoms with van der Waals surface area (Å²) in [6.07, 6.45) is 4.98. The van der Waals surface area contributed by atoms with Gasteiger partial charge in [0.2, 0.25) is 5.91 Å². The zero-order chi connectivity index (χ0) is 24.9. The van der Waals surface area contributed by atoms with E-state index in [1.807, 2.05) is 13.1 Å². The Kier molecular flexibility index (Phi) is 5.64. The van der Waals surface area contributed by atoms with Crippen LogP contribution in [0.4, 0.5) is 11.4 Å². The third-order valence-corrected chi connectivity index (χ3v) is 6.96. The molecule has 5 heterocycles. The number of thiazole rings is 1.